The summed E-state index contributed by atoms with van der Waals surface area (Å²) in [5.74, 6) is -1.08. The van der Waals surface area contributed by atoms with Gasteiger partial charge in [-0.05, 0) is 44.9 Å². The van der Waals surface area contributed by atoms with Gasteiger partial charge in [0.15, 0.2) is 6.61 Å². The first-order valence-electron chi connectivity index (χ1n) is 9.04. The van der Waals surface area contributed by atoms with Crippen molar-refractivity contribution < 1.29 is 24.2 Å². The molecule has 2 rings (SSSR count). The van der Waals surface area contributed by atoms with Crippen molar-refractivity contribution >= 4 is 35.1 Å². The van der Waals surface area contributed by atoms with Crippen LogP contribution in [-0.2, 0) is 14.4 Å². The van der Waals surface area contributed by atoms with E-state index in [1.54, 1.807) is 17.0 Å². The smallest absolute Gasteiger partial charge is 0.310 e. The SMILES string of the molecule is CCN(CC)C(=O)COc1ccc(NC(=O)CC2(C(=O)O)CCC2)cc1Cl. The number of halogens is 1. The molecule has 0 spiro atoms. The molecule has 1 aliphatic carbocycles. The Bertz CT molecular complexity index is 714. The molecule has 0 bridgehead atoms. The second kappa shape index (κ2) is 9.08. The molecule has 1 fully saturated rings. The van der Waals surface area contributed by atoms with Crippen molar-refractivity contribution in [3.63, 3.8) is 0 Å². The molecule has 8 heteroatoms. The van der Waals surface area contributed by atoms with Crippen LogP contribution in [0.1, 0.15) is 39.5 Å². The Kier molecular flexibility index (Phi) is 7.07. The van der Waals surface area contributed by atoms with Crippen LogP contribution in [0.4, 0.5) is 5.69 Å². The van der Waals surface area contributed by atoms with Gasteiger partial charge >= 0.3 is 5.97 Å². The summed E-state index contributed by atoms with van der Waals surface area (Å²) in [6, 6.07) is 4.70. The third-order valence-electron chi connectivity index (χ3n) is 4.95. The highest BCUT2D eigenvalue weighted by molar-refractivity contribution is 6.32. The summed E-state index contributed by atoms with van der Waals surface area (Å²) in [6.45, 7) is 4.88. The maximum Gasteiger partial charge on any atom is 0.310 e. The first kappa shape index (κ1) is 21.0. The Labute approximate surface area is 163 Å². The number of carboxylic acid groups (broad SMARTS) is 1. The highest BCUT2D eigenvalue weighted by atomic mass is 35.5. The molecule has 148 valence electrons. The molecule has 1 aliphatic rings. The molecule has 0 unspecified atom stereocenters. The van der Waals surface area contributed by atoms with Crippen LogP contribution < -0.4 is 10.1 Å². The number of benzene rings is 1. The average Bonchev–Trinajstić information content (AvgIpc) is 2.58. The van der Waals surface area contributed by atoms with Gasteiger partial charge in [-0.25, -0.2) is 0 Å². The number of carbonyl (C=O) groups excluding carboxylic acids is 2. The van der Waals surface area contributed by atoms with Gasteiger partial charge in [0.1, 0.15) is 5.75 Å². The predicted molar refractivity (Wildman–Crippen MR) is 102 cm³/mol. The number of hydrogen-bond acceptors (Lipinski definition) is 4. The van der Waals surface area contributed by atoms with E-state index < -0.39 is 11.4 Å². The van der Waals surface area contributed by atoms with Crippen LogP contribution in [0.5, 0.6) is 5.75 Å². The van der Waals surface area contributed by atoms with Gasteiger partial charge in [-0.3, -0.25) is 14.4 Å². The van der Waals surface area contributed by atoms with Crippen molar-refractivity contribution in [1.29, 1.82) is 0 Å². The van der Waals surface area contributed by atoms with Crippen molar-refractivity contribution in [2.75, 3.05) is 25.0 Å². The fourth-order valence-electron chi connectivity index (χ4n) is 3.09. The zero-order chi connectivity index (χ0) is 20.0. The molecule has 1 aromatic carbocycles. The Hall–Kier alpha value is -2.28. The van der Waals surface area contributed by atoms with Crippen molar-refractivity contribution in [1.82, 2.24) is 4.90 Å². The minimum atomic E-state index is -0.943. The van der Waals surface area contributed by atoms with Gasteiger partial charge < -0.3 is 20.1 Å². The summed E-state index contributed by atoms with van der Waals surface area (Å²) in [4.78, 5) is 37.2. The minimum absolute atomic E-state index is 0.0590. The number of nitrogens with zero attached hydrogens (tertiary/aromatic N) is 1. The van der Waals surface area contributed by atoms with E-state index in [0.29, 0.717) is 37.4 Å². The predicted octanol–water partition coefficient (Wildman–Crippen LogP) is 3.17. The van der Waals surface area contributed by atoms with Crippen LogP contribution >= 0.6 is 11.6 Å². The summed E-state index contributed by atoms with van der Waals surface area (Å²) >= 11 is 6.17. The Morgan fingerprint density at radius 1 is 1.26 bits per heavy atom. The van der Waals surface area contributed by atoms with E-state index in [1.165, 1.54) is 6.07 Å². The van der Waals surface area contributed by atoms with E-state index in [0.717, 1.165) is 6.42 Å². The lowest BCUT2D eigenvalue weighted by molar-refractivity contribution is -0.157. The number of rotatable bonds is 9. The quantitative estimate of drug-likeness (QED) is 0.668. The van der Waals surface area contributed by atoms with Gasteiger partial charge in [0.25, 0.3) is 5.91 Å². The number of ether oxygens (including phenoxy) is 1. The van der Waals surface area contributed by atoms with E-state index in [-0.39, 0.29) is 29.9 Å². The molecule has 1 saturated carbocycles. The van der Waals surface area contributed by atoms with Gasteiger partial charge in [-0.2, -0.15) is 0 Å². The average molecular weight is 397 g/mol. The summed E-state index contributed by atoms with van der Waals surface area (Å²) in [5.41, 5.74) is -0.492. The number of hydrogen-bond donors (Lipinski definition) is 2. The molecule has 0 saturated heterocycles. The van der Waals surface area contributed by atoms with Crippen molar-refractivity contribution in [3.05, 3.63) is 23.2 Å². The van der Waals surface area contributed by atoms with Crippen molar-refractivity contribution in [2.24, 2.45) is 5.41 Å². The van der Waals surface area contributed by atoms with E-state index >= 15 is 0 Å². The standard InChI is InChI=1S/C19H25ClN2O5/c1-3-22(4-2)17(24)12-27-15-7-6-13(10-14(15)20)21-16(23)11-19(18(25)26)8-5-9-19/h6-7,10H,3-5,8-9,11-12H2,1-2H3,(H,21,23)(H,25,26). The van der Waals surface area contributed by atoms with Crippen LogP contribution in [0.15, 0.2) is 18.2 Å². The molecule has 0 atom stereocenters. The number of anilines is 1. The fourth-order valence-corrected chi connectivity index (χ4v) is 3.32. The molecule has 0 radical (unpaired) electrons. The van der Waals surface area contributed by atoms with E-state index in [2.05, 4.69) is 5.32 Å². The summed E-state index contributed by atoms with van der Waals surface area (Å²) in [5, 5.41) is 12.2. The third-order valence-corrected chi connectivity index (χ3v) is 5.24. The lowest BCUT2D eigenvalue weighted by atomic mass is 9.66. The van der Waals surface area contributed by atoms with Gasteiger partial charge in [0, 0.05) is 25.2 Å². The van der Waals surface area contributed by atoms with Crippen LogP contribution in [0.3, 0.4) is 0 Å². The first-order chi connectivity index (χ1) is 12.8. The topological polar surface area (TPSA) is 95.9 Å². The van der Waals surface area contributed by atoms with Gasteiger partial charge in [-0.1, -0.05) is 18.0 Å². The maximum atomic E-state index is 12.2. The minimum Gasteiger partial charge on any atom is -0.482 e. The first-order valence-corrected chi connectivity index (χ1v) is 9.42. The molecule has 2 N–H and O–H groups in total. The van der Waals surface area contributed by atoms with Crippen LogP contribution in [-0.4, -0.2) is 47.5 Å². The Morgan fingerprint density at radius 2 is 1.93 bits per heavy atom. The zero-order valence-electron chi connectivity index (χ0n) is 15.6. The van der Waals surface area contributed by atoms with Gasteiger partial charge in [0.2, 0.25) is 5.91 Å². The van der Waals surface area contributed by atoms with Crippen molar-refractivity contribution in [3.8, 4) is 5.75 Å². The molecular weight excluding hydrogens is 372 g/mol. The zero-order valence-corrected chi connectivity index (χ0v) is 16.3. The normalized spacial score (nSPS) is 14.8. The highest BCUT2D eigenvalue weighted by Gasteiger charge is 2.45. The molecule has 1 aromatic rings. The summed E-state index contributed by atoms with van der Waals surface area (Å²) in [7, 11) is 0. The maximum absolute atomic E-state index is 12.2. The second-order valence-electron chi connectivity index (χ2n) is 6.66. The van der Waals surface area contributed by atoms with Gasteiger partial charge in [0.05, 0.1) is 10.4 Å². The van der Waals surface area contributed by atoms with Crippen LogP contribution in [0.25, 0.3) is 0 Å². The summed E-state index contributed by atoms with van der Waals surface area (Å²) < 4.78 is 5.47. The largest absolute Gasteiger partial charge is 0.482 e. The monoisotopic (exact) mass is 396 g/mol. The number of carbonyl (C=O) groups is 3. The molecular formula is C19H25ClN2O5. The molecule has 0 aliphatic heterocycles. The van der Waals surface area contributed by atoms with Crippen LogP contribution in [0, 0.1) is 5.41 Å². The number of carboxylic acids is 1. The Balaban J connectivity index is 1.93. The van der Waals surface area contributed by atoms with Gasteiger partial charge in [-0.15, -0.1) is 0 Å². The molecule has 7 nitrogen and oxygen atoms in total. The molecule has 0 aromatic heterocycles. The molecule has 2 amide bonds. The molecule has 27 heavy (non-hydrogen) atoms. The van der Waals surface area contributed by atoms with E-state index in [4.69, 9.17) is 16.3 Å². The van der Waals surface area contributed by atoms with E-state index in [9.17, 15) is 19.5 Å². The third kappa shape index (κ3) is 5.13. The lowest BCUT2D eigenvalue weighted by Crippen LogP contribution is -2.41. The number of nitrogens with one attached hydrogen (secondary N) is 1. The summed E-state index contributed by atoms with van der Waals surface area (Å²) in [6.07, 6.45) is 1.80. The number of amides is 2. The van der Waals surface area contributed by atoms with Crippen LogP contribution in [0.2, 0.25) is 5.02 Å². The second-order valence-corrected chi connectivity index (χ2v) is 7.07. The Morgan fingerprint density at radius 3 is 2.41 bits per heavy atom. The number of likely N-dealkylation sites (N-methyl/N-ethyl adjacent to an activating group) is 1. The fraction of sp³-hybridized carbons (Fsp3) is 0.526. The van der Waals surface area contributed by atoms with E-state index in [1.807, 2.05) is 13.8 Å². The lowest BCUT2D eigenvalue weighted by Gasteiger charge is -2.36. The molecule has 0 heterocycles. The highest BCUT2D eigenvalue weighted by Crippen LogP contribution is 2.44. The number of aliphatic carboxylic acids is 1. The van der Waals surface area contributed by atoms with Crippen molar-refractivity contribution in [2.45, 2.75) is 39.5 Å².